The lowest BCUT2D eigenvalue weighted by atomic mass is 10.00. The van der Waals surface area contributed by atoms with E-state index in [2.05, 4.69) is 15.4 Å². The molecule has 1 fully saturated rings. The molecule has 0 unspecified atom stereocenters. The first-order valence-corrected chi connectivity index (χ1v) is 7.08. The van der Waals surface area contributed by atoms with E-state index in [1.165, 1.54) is 0 Å². The molecule has 0 spiro atoms. The van der Waals surface area contributed by atoms with Crippen molar-refractivity contribution in [3.05, 3.63) is 42.5 Å². The molecule has 0 saturated carbocycles. The van der Waals surface area contributed by atoms with E-state index in [0.717, 1.165) is 18.8 Å². The summed E-state index contributed by atoms with van der Waals surface area (Å²) in [5.41, 5.74) is 0.664. The maximum atomic E-state index is 12.6. The summed E-state index contributed by atoms with van der Waals surface area (Å²) >= 11 is 0. The number of amides is 1. The second-order valence-electron chi connectivity index (χ2n) is 5.79. The van der Waals surface area contributed by atoms with Gasteiger partial charge in [-0.1, -0.05) is 18.2 Å². The SMILES string of the molecule is CC1(C)CNCCN1C(=O)c1ncn(-c2ccccc2)n1. The molecule has 2 aromatic rings. The van der Waals surface area contributed by atoms with Crippen LogP contribution in [-0.2, 0) is 0 Å². The third-order valence-electron chi connectivity index (χ3n) is 3.75. The highest BCUT2D eigenvalue weighted by Crippen LogP contribution is 2.18. The molecule has 6 heteroatoms. The molecule has 1 aliphatic heterocycles. The molecule has 1 amide bonds. The van der Waals surface area contributed by atoms with E-state index < -0.39 is 0 Å². The molecule has 3 rings (SSSR count). The number of carbonyl (C=O) groups excluding carboxylic acids is 1. The number of carbonyl (C=O) groups is 1. The van der Waals surface area contributed by atoms with Crippen molar-refractivity contribution in [2.75, 3.05) is 19.6 Å². The van der Waals surface area contributed by atoms with Gasteiger partial charge in [-0.05, 0) is 26.0 Å². The predicted octanol–water partition coefficient (Wildman–Crippen LogP) is 1.09. The number of hydrogen-bond acceptors (Lipinski definition) is 4. The lowest BCUT2D eigenvalue weighted by molar-refractivity contribution is 0.0465. The number of piperazine rings is 1. The second kappa shape index (κ2) is 5.29. The summed E-state index contributed by atoms with van der Waals surface area (Å²) in [5, 5.41) is 7.62. The fourth-order valence-corrected chi connectivity index (χ4v) is 2.55. The summed E-state index contributed by atoms with van der Waals surface area (Å²) in [6, 6.07) is 9.65. The molecule has 0 radical (unpaired) electrons. The Morgan fingerprint density at radius 1 is 1.29 bits per heavy atom. The van der Waals surface area contributed by atoms with E-state index in [0.29, 0.717) is 6.54 Å². The number of nitrogens with zero attached hydrogens (tertiary/aromatic N) is 4. The van der Waals surface area contributed by atoms with Gasteiger partial charge in [-0.2, -0.15) is 0 Å². The van der Waals surface area contributed by atoms with Crippen molar-refractivity contribution in [3.8, 4) is 5.69 Å². The smallest absolute Gasteiger partial charge is 0.294 e. The van der Waals surface area contributed by atoms with Gasteiger partial charge in [0.05, 0.1) is 11.2 Å². The van der Waals surface area contributed by atoms with Gasteiger partial charge in [-0.25, -0.2) is 9.67 Å². The quantitative estimate of drug-likeness (QED) is 0.897. The van der Waals surface area contributed by atoms with Crippen LogP contribution in [0.15, 0.2) is 36.7 Å². The summed E-state index contributed by atoms with van der Waals surface area (Å²) < 4.78 is 1.63. The molecule has 0 atom stereocenters. The van der Waals surface area contributed by atoms with Gasteiger partial charge in [0.1, 0.15) is 6.33 Å². The minimum absolute atomic E-state index is 0.115. The van der Waals surface area contributed by atoms with E-state index in [-0.39, 0.29) is 17.3 Å². The zero-order chi connectivity index (χ0) is 14.9. The van der Waals surface area contributed by atoms with Gasteiger partial charge in [0.15, 0.2) is 0 Å². The van der Waals surface area contributed by atoms with Crippen molar-refractivity contribution in [1.29, 1.82) is 0 Å². The van der Waals surface area contributed by atoms with Crippen molar-refractivity contribution in [2.24, 2.45) is 0 Å². The Balaban J connectivity index is 1.84. The van der Waals surface area contributed by atoms with Crippen LogP contribution < -0.4 is 5.32 Å². The highest BCUT2D eigenvalue weighted by atomic mass is 16.2. The molecule has 0 bridgehead atoms. The number of nitrogens with one attached hydrogen (secondary N) is 1. The summed E-state index contributed by atoms with van der Waals surface area (Å²) in [5.74, 6) is 0.130. The van der Waals surface area contributed by atoms with Gasteiger partial charge in [0.2, 0.25) is 5.82 Å². The Labute approximate surface area is 123 Å². The second-order valence-corrected chi connectivity index (χ2v) is 5.79. The molecule has 1 aromatic carbocycles. The number of hydrogen-bond donors (Lipinski definition) is 1. The summed E-state index contributed by atoms with van der Waals surface area (Å²) in [6.07, 6.45) is 1.58. The third-order valence-corrected chi connectivity index (χ3v) is 3.75. The van der Waals surface area contributed by atoms with Crippen molar-refractivity contribution in [2.45, 2.75) is 19.4 Å². The Morgan fingerprint density at radius 3 is 2.76 bits per heavy atom. The average molecular weight is 285 g/mol. The van der Waals surface area contributed by atoms with Gasteiger partial charge in [-0.15, -0.1) is 5.10 Å². The van der Waals surface area contributed by atoms with Crippen LogP contribution in [-0.4, -0.2) is 50.7 Å². The molecule has 1 aromatic heterocycles. The zero-order valence-electron chi connectivity index (χ0n) is 12.3. The Hall–Kier alpha value is -2.21. The number of benzene rings is 1. The van der Waals surface area contributed by atoms with Crippen LogP contribution >= 0.6 is 0 Å². The Kier molecular flexibility index (Phi) is 3.47. The molecular weight excluding hydrogens is 266 g/mol. The van der Waals surface area contributed by atoms with Gasteiger partial charge in [-0.3, -0.25) is 4.79 Å². The first-order valence-electron chi connectivity index (χ1n) is 7.08. The van der Waals surface area contributed by atoms with Gasteiger partial charge >= 0.3 is 0 Å². The molecule has 6 nitrogen and oxygen atoms in total. The lowest BCUT2D eigenvalue weighted by Crippen LogP contribution is -2.60. The van der Waals surface area contributed by atoms with Crippen LogP contribution in [0.1, 0.15) is 24.5 Å². The van der Waals surface area contributed by atoms with E-state index in [1.54, 1.807) is 11.0 Å². The minimum Gasteiger partial charge on any atom is -0.328 e. The van der Waals surface area contributed by atoms with E-state index in [1.807, 2.05) is 49.1 Å². The van der Waals surface area contributed by atoms with Crippen molar-refractivity contribution in [3.63, 3.8) is 0 Å². The highest BCUT2D eigenvalue weighted by molar-refractivity contribution is 5.91. The fraction of sp³-hybridized carbons (Fsp3) is 0.400. The van der Waals surface area contributed by atoms with Gasteiger partial charge in [0, 0.05) is 19.6 Å². The van der Waals surface area contributed by atoms with Gasteiger partial charge < -0.3 is 10.2 Å². The molecule has 2 heterocycles. The van der Waals surface area contributed by atoms with Crippen LogP contribution in [0.3, 0.4) is 0 Å². The van der Waals surface area contributed by atoms with Crippen molar-refractivity contribution in [1.82, 2.24) is 25.0 Å². The lowest BCUT2D eigenvalue weighted by Gasteiger charge is -2.42. The van der Waals surface area contributed by atoms with Crippen LogP contribution in [0, 0.1) is 0 Å². The summed E-state index contributed by atoms with van der Waals surface area (Å²) in [6.45, 7) is 6.34. The Morgan fingerprint density at radius 2 is 2.05 bits per heavy atom. The first kappa shape index (κ1) is 13.8. The molecular formula is C15H19N5O. The average Bonchev–Trinajstić information content (AvgIpc) is 2.97. The summed E-state index contributed by atoms with van der Waals surface area (Å²) in [7, 11) is 0. The zero-order valence-corrected chi connectivity index (χ0v) is 12.3. The molecule has 21 heavy (non-hydrogen) atoms. The topological polar surface area (TPSA) is 63.1 Å². The van der Waals surface area contributed by atoms with Crippen LogP contribution in [0.4, 0.5) is 0 Å². The molecule has 110 valence electrons. The highest BCUT2D eigenvalue weighted by Gasteiger charge is 2.35. The largest absolute Gasteiger partial charge is 0.328 e. The maximum absolute atomic E-state index is 12.6. The fourth-order valence-electron chi connectivity index (χ4n) is 2.55. The third kappa shape index (κ3) is 2.67. The summed E-state index contributed by atoms with van der Waals surface area (Å²) in [4.78, 5) is 18.6. The number of aromatic nitrogens is 3. The van der Waals surface area contributed by atoms with Crippen molar-refractivity contribution >= 4 is 5.91 Å². The molecule has 0 aliphatic carbocycles. The Bertz CT molecular complexity index is 635. The number of rotatable bonds is 2. The predicted molar refractivity (Wildman–Crippen MR) is 79.3 cm³/mol. The maximum Gasteiger partial charge on any atom is 0.294 e. The van der Waals surface area contributed by atoms with Crippen LogP contribution in [0.25, 0.3) is 5.69 Å². The van der Waals surface area contributed by atoms with E-state index >= 15 is 0 Å². The van der Waals surface area contributed by atoms with Gasteiger partial charge in [0.25, 0.3) is 5.91 Å². The number of para-hydroxylation sites is 1. The standard InChI is InChI=1S/C15H19N5O/c1-15(2)10-16-8-9-19(15)14(21)13-17-11-20(18-13)12-6-4-3-5-7-12/h3-7,11,16H,8-10H2,1-2H3. The van der Waals surface area contributed by atoms with Crippen LogP contribution in [0.2, 0.25) is 0 Å². The monoisotopic (exact) mass is 285 g/mol. The van der Waals surface area contributed by atoms with Crippen LogP contribution in [0.5, 0.6) is 0 Å². The minimum atomic E-state index is -0.229. The van der Waals surface area contributed by atoms with Crippen molar-refractivity contribution < 1.29 is 4.79 Å². The molecule has 1 N–H and O–H groups in total. The first-order chi connectivity index (χ1) is 10.1. The van der Waals surface area contributed by atoms with E-state index in [9.17, 15) is 4.79 Å². The molecule has 1 aliphatic rings. The normalized spacial score (nSPS) is 17.7. The molecule has 1 saturated heterocycles. The van der Waals surface area contributed by atoms with E-state index in [4.69, 9.17) is 0 Å².